The van der Waals surface area contributed by atoms with Gasteiger partial charge in [-0.2, -0.15) is 5.10 Å². The van der Waals surface area contributed by atoms with Crippen LogP contribution in [0.25, 0.3) is 22.3 Å². The summed E-state index contributed by atoms with van der Waals surface area (Å²) in [5.41, 5.74) is 2.53. The van der Waals surface area contributed by atoms with Crippen molar-refractivity contribution in [2.45, 2.75) is 26.9 Å². The molecule has 0 aliphatic carbocycles. The summed E-state index contributed by atoms with van der Waals surface area (Å²) in [6.45, 7) is 5.33. The van der Waals surface area contributed by atoms with Gasteiger partial charge in [-0.15, -0.1) is 0 Å². The van der Waals surface area contributed by atoms with Crippen LogP contribution >= 0.6 is 11.6 Å². The van der Waals surface area contributed by atoms with Gasteiger partial charge in [0, 0.05) is 24.4 Å². The zero-order chi connectivity index (χ0) is 23.2. The van der Waals surface area contributed by atoms with Crippen LogP contribution in [0.15, 0.2) is 45.9 Å². The monoisotopic (exact) mass is 453 g/mol. The molecule has 9 heteroatoms. The molecule has 164 valence electrons. The van der Waals surface area contributed by atoms with Crippen molar-refractivity contribution in [3.05, 3.63) is 74.4 Å². The number of benzene rings is 1. The molecule has 3 heterocycles. The van der Waals surface area contributed by atoms with Crippen LogP contribution in [0.4, 0.5) is 0 Å². The van der Waals surface area contributed by atoms with E-state index >= 15 is 0 Å². The number of rotatable bonds is 5. The first-order valence-electron chi connectivity index (χ1n) is 9.79. The number of carbonyl (C=O) groups is 1. The number of aromatic nitrogens is 3. The Morgan fingerprint density at radius 2 is 2.03 bits per heavy atom. The maximum absolute atomic E-state index is 13.2. The number of fused-ring (bicyclic) bond motifs is 1. The van der Waals surface area contributed by atoms with Crippen molar-refractivity contribution in [2.75, 3.05) is 0 Å². The Balaban J connectivity index is 1.88. The number of aromatic carboxylic acids is 1. The minimum Gasteiger partial charge on any atom is -0.483 e. The molecule has 0 unspecified atom stereocenters. The lowest BCUT2D eigenvalue weighted by Crippen LogP contribution is -2.12. The Labute approximate surface area is 188 Å². The molecule has 32 heavy (non-hydrogen) atoms. The molecule has 0 amide bonds. The molecule has 0 saturated carbocycles. The lowest BCUT2D eigenvalue weighted by atomic mass is 10.0. The SMILES string of the molecule is Cc1cc([C@@H](C)Oc2ccc(Cl)nc2C(=O)O)c2oc(-c3cnn(C)c3)c(C)c(=O)c2c1. The van der Waals surface area contributed by atoms with Crippen LogP contribution in [0.2, 0.25) is 5.15 Å². The summed E-state index contributed by atoms with van der Waals surface area (Å²) in [6.07, 6.45) is 2.75. The second-order valence-corrected chi connectivity index (χ2v) is 7.95. The van der Waals surface area contributed by atoms with Gasteiger partial charge in [0.25, 0.3) is 0 Å². The van der Waals surface area contributed by atoms with Gasteiger partial charge in [0.05, 0.1) is 17.1 Å². The van der Waals surface area contributed by atoms with E-state index in [1.165, 1.54) is 12.1 Å². The lowest BCUT2D eigenvalue weighted by Gasteiger charge is -2.19. The van der Waals surface area contributed by atoms with E-state index < -0.39 is 12.1 Å². The number of aryl methyl sites for hydroxylation is 2. The first-order chi connectivity index (χ1) is 15.2. The van der Waals surface area contributed by atoms with E-state index in [2.05, 4.69) is 10.1 Å². The van der Waals surface area contributed by atoms with Gasteiger partial charge in [0.15, 0.2) is 16.9 Å². The summed E-state index contributed by atoms with van der Waals surface area (Å²) < 4.78 is 13.8. The summed E-state index contributed by atoms with van der Waals surface area (Å²) in [4.78, 5) is 28.6. The standard InChI is InChI=1S/C23H20ClN3O5/c1-11-7-15(13(3)31-17-5-6-18(24)26-19(17)23(29)30)22-16(8-11)20(28)12(2)21(32-22)14-9-25-27(4)10-14/h5-10,13H,1-4H3,(H,29,30)/t13-/m1/s1. The van der Waals surface area contributed by atoms with Gasteiger partial charge in [-0.25, -0.2) is 9.78 Å². The highest BCUT2D eigenvalue weighted by atomic mass is 35.5. The van der Waals surface area contributed by atoms with E-state index in [4.69, 9.17) is 20.8 Å². The lowest BCUT2D eigenvalue weighted by molar-refractivity contribution is 0.0682. The fraction of sp³-hybridized carbons (Fsp3) is 0.217. The molecule has 0 aliphatic heterocycles. The van der Waals surface area contributed by atoms with Crippen molar-refractivity contribution in [2.24, 2.45) is 7.05 Å². The number of carboxylic acids is 1. The average molecular weight is 454 g/mol. The third kappa shape index (κ3) is 3.85. The largest absolute Gasteiger partial charge is 0.483 e. The van der Waals surface area contributed by atoms with Crippen molar-refractivity contribution in [1.29, 1.82) is 0 Å². The number of hydrogen-bond donors (Lipinski definition) is 1. The molecule has 8 nitrogen and oxygen atoms in total. The minimum atomic E-state index is -1.26. The third-order valence-electron chi connectivity index (χ3n) is 5.13. The molecule has 0 spiro atoms. The van der Waals surface area contributed by atoms with Gasteiger partial charge in [-0.3, -0.25) is 9.48 Å². The fourth-order valence-corrected chi connectivity index (χ4v) is 3.76. The Hall–Kier alpha value is -3.65. The second-order valence-electron chi connectivity index (χ2n) is 7.56. The summed E-state index contributed by atoms with van der Waals surface area (Å²) in [6, 6.07) is 6.52. The summed E-state index contributed by atoms with van der Waals surface area (Å²) in [5.74, 6) is -0.775. The van der Waals surface area contributed by atoms with Gasteiger partial charge >= 0.3 is 5.97 Å². The van der Waals surface area contributed by atoms with E-state index in [9.17, 15) is 14.7 Å². The molecule has 3 aromatic heterocycles. The van der Waals surface area contributed by atoms with E-state index in [0.29, 0.717) is 33.4 Å². The van der Waals surface area contributed by atoms with Crippen LogP contribution in [0.3, 0.4) is 0 Å². The molecule has 0 radical (unpaired) electrons. The highest BCUT2D eigenvalue weighted by Crippen LogP contribution is 2.33. The Morgan fingerprint density at radius 1 is 1.28 bits per heavy atom. The van der Waals surface area contributed by atoms with Gasteiger partial charge in [0.2, 0.25) is 0 Å². The zero-order valence-electron chi connectivity index (χ0n) is 17.8. The van der Waals surface area contributed by atoms with Crippen LogP contribution < -0.4 is 10.2 Å². The molecule has 1 aromatic carbocycles. The quantitative estimate of drug-likeness (QED) is 0.436. The third-order valence-corrected chi connectivity index (χ3v) is 5.34. The molecule has 4 aromatic rings. The number of hydrogen-bond acceptors (Lipinski definition) is 6. The van der Waals surface area contributed by atoms with E-state index in [1.54, 1.807) is 44.0 Å². The van der Waals surface area contributed by atoms with Crippen LogP contribution in [0, 0.1) is 13.8 Å². The van der Waals surface area contributed by atoms with Crippen molar-refractivity contribution >= 4 is 28.5 Å². The molecule has 0 aliphatic rings. The van der Waals surface area contributed by atoms with Gasteiger partial charge in [-0.05, 0) is 50.6 Å². The van der Waals surface area contributed by atoms with E-state index in [1.807, 2.05) is 13.0 Å². The van der Waals surface area contributed by atoms with Crippen molar-refractivity contribution in [3.63, 3.8) is 0 Å². The first kappa shape index (κ1) is 21.6. The molecular weight excluding hydrogens is 434 g/mol. The topological polar surface area (TPSA) is 107 Å². The van der Waals surface area contributed by atoms with Crippen LogP contribution in [-0.2, 0) is 7.05 Å². The fourth-order valence-electron chi connectivity index (χ4n) is 3.61. The van der Waals surface area contributed by atoms with E-state index in [-0.39, 0.29) is 22.0 Å². The molecule has 4 rings (SSSR count). The van der Waals surface area contributed by atoms with Crippen molar-refractivity contribution in [3.8, 4) is 17.1 Å². The normalized spacial score (nSPS) is 12.2. The molecule has 1 N–H and O–H groups in total. The number of nitrogens with zero attached hydrogens (tertiary/aromatic N) is 3. The first-order valence-corrected chi connectivity index (χ1v) is 10.2. The second kappa shape index (κ2) is 8.12. The number of carboxylic acid groups (broad SMARTS) is 1. The predicted octanol–water partition coefficient (Wildman–Crippen LogP) is 4.70. The van der Waals surface area contributed by atoms with Crippen LogP contribution in [0.5, 0.6) is 5.75 Å². The Morgan fingerprint density at radius 3 is 2.69 bits per heavy atom. The maximum Gasteiger partial charge on any atom is 0.358 e. The van der Waals surface area contributed by atoms with E-state index in [0.717, 1.165) is 5.56 Å². The zero-order valence-corrected chi connectivity index (χ0v) is 18.6. The van der Waals surface area contributed by atoms with Crippen LogP contribution in [-0.4, -0.2) is 25.8 Å². The van der Waals surface area contributed by atoms with Gasteiger partial charge in [0.1, 0.15) is 22.6 Å². The molecule has 0 bridgehead atoms. The van der Waals surface area contributed by atoms with Gasteiger partial charge in [-0.1, -0.05) is 11.6 Å². The molecule has 1 atom stereocenters. The highest BCUT2D eigenvalue weighted by molar-refractivity contribution is 6.29. The average Bonchev–Trinajstić information content (AvgIpc) is 3.17. The maximum atomic E-state index is 13.2. The summed E-state index contributed by atoms with van der Waals surface area (Å²) in [7, 11) is 1.78. The Kier molecular flexibility index (Phi) is 5.48. The van der Waals surface area contributed by atoms with Crippen LogP contribution in [0.1, 0.15) is 40.2 Å². The summed E-state index contributed by atoms with van der Waals surface area (Å²) >= 11 is 5.84. The Bertz CT molecular complexity index is 1420. The smallest absolute Gasteiger partial charge is 0.358 e. The summed E-state index contributed by atoms with van der Waals surface area (Å²) in [5, 5.41) is 14.1. The predicted molar refractivity (Wildman–Crippen MR) is 119 cm³/mol. The molecular formula is C23H20ClN3O5. The minimum absolute atomic E-state index is 0.0472. The number of pyridine rings is 1. The number of halogens is 1. The number of ether oxygens (including phenoxy) is 1. The van der Waals surface area contributed by atoms with Crippen molar-refractivity contribution in [1.82, 2.24) is 14.8 Å². The molecule has 0 fully saturated rings. The van der Waals surface area contributed by atoms with Crippen molar-refractivity contribution < 1.29 is 19.1 Å². The highest BCUT2D eigenvalue weighted by Gasteiger charge is 2.22. The van der Waals surface area contributed by atoms with Gasteiger partial charge < -0.3 is 14.3 Å². The molecule has 0 saturated heterocycles.